The lowest BCUT2D eigenvalue weighted by Crippen LogP contribution is -2.64. The van der Waals surface area contributed by atoms with Gasteiger partial charge in [-0.3, -0.25) is 14.9 Å². The highest BCUT2D eigenvalue weighted by atomic mass is 35.5. The number of halogens is 1. The van der Waals surface area contributed by atoms with Gasteiger partial charge in [0.2, 0.25) is 5.78 Å². The minimum Gasteiger partial charge on any atom is -0.476 e. The third kappa shape index (κ3) is 6.43. The predicted octanol–water partition coefficient (Wildman–Crippen LogP) is 3.19. The van der Waals surface area contributed by atoms with Crippen LogP contribution in [0.25, 0.3) is 0 Å². The second kappa shape index (κ2) is 12.2. The molecule has 34 heavy (non-hydrogen) atoms. The van der Waals surface area contributed by atoms with Gasteiger partial charge in [0.1, 0.15) is 5.75 Å². The molecular weight excluding hydrogens is 458 g/mol. The molecule has 8 nitrogen and oxygen atoms in total. The fourth-order valence-electron chi connectivity index (χ4n) is 3.15. The summed E-state index contributed by atoms with van der Waals surface area (Å²) >= 11 is 0. The summed E-state index contributed by atoms with van der Waals surface area (Å²) in [4.78, 5) is 38.6. The summed E-state index contributed by atoms with van der Waals surface area (Å²) in [6.45, 7) is 0. The molecule has 0 saturated carbocycles. The summed E-state index contributed by atoms with van der Waals surface area (Å²) in [6.07, 6.45) is 1.53. The fraction of sp³-hybridized carbons (Fsp3) is 0.120. The number of amides is 1. The lowest BCUT2D eigenvalue weighted by atomic mass is 9.99. The number of carbonyl (C=O) groups excluding carboxylic acids is 2. The van der Waals surface area contributed by atoms with Crippen molar-refractivity contribution in [3.8, 4) is 5.75 Å². The molecule has 0 heterocycles. The van der Waals surface area contributed by atoms with Crippen LogP contribution in [-0.4, -0.2) is 34.7 Å². The number of carboxylic acids is 1. The fourth-order valence-corrected chi connectivity index (χ4v) is 3.15. The zero-order valence-corrected chi connectivity index (χ0v) is 18.9. The summed E-state index contributed by atoms with van der Waals surface area (Å²) in [7, 11) is 0. The molecule has 0 spiro atoms. The Morgan fingerprint density at radius 1 is 0.941 bits per heavy atom. The van der Waals surface area contributed by atoms with Crippen LogP contribution < -0.4 is 15.9 Å². The van der Waals surface area contributed by atoms with Gasteiger partial charge in [-0.15, -0.1) is 12.4 Å². The van der Waals surface area contributed by atoms with Crippen LogP contribution in [0, 0.1) is 0 Å². The van der Waals surface area contributed by atoms with Crippen LogP contribution in [0.3, 0.4) is 0 Å². The van der Waals surface area contributed by atoms with Crippen LogP contribution in [-0.2, 0) is 16.0 Å². The minimum atomic E-state index is -2.61. The molecule has 0 radical (unpaired) electrons. The van der Waals surface area contributed by atoms with Gasteiger partial charge in [-0.1, -0.05) is 60.7 Å². The molecule has 1 unspecified atom stereocenters. The third-order valence-electron chi connectivity index (χ3n) is 4.88. The van der Waals surface area contributed by atoms with Crippen LogP contribution in [0.2, 0.25) is 0 Å². The second-order valence-corrected chi connectivity index (χ2v) is 7.16. The van der Waals surface area contributed by atoms with Crippen molar-refractivity contribution in [3.63, 3.8) is 0 Å². The molecule has 3 rings (SSSR count). The van der Waals surface area contributed by atoms with Crippen molar-refractivity contribution in [2.75, 3.05) is 0 Å². The van der Waals surface area contributed by atoms with E-state index in [-0.39, 0.29) is 36.6 Å². The number of benzene rings is 3. The molecule has 0 fully saturated rings. The first-order chi connectivity index (χ1) is 15.9. The Balaban J connectivity index is 0.00000408. The number of hydrazone groups is 1. The van der Waals surface area contributed by atoms with E-state index in [1.807, 2.05) is 30.3 Å². The van der Waals surface area contributed by atoms with Crippen molar-refractivity contribution in [1.82, 2.24) is 5.32 Å². The maximum absolute atomic E-state index is 13.2. The van der Waals surface area contributed by atoms with Gasteiger partial charge in [-0.2, -0.15) is 5.10 Å². The third-order valence-corrected chi connectivity index (χ3v) is 4.88. The topological polar surface area (TPSA) is 131 Å². The molecule has 0 aliphatic heterocycles. The number of ether oxygens (including phenoxy) is 1. The molecule has 0 aromatic heterocycles. The summed E-state index contributed by atoms with van der Waals surface area (Å²) < 4.78 is 5.65. The van der Waals surface area contributed by atoms with Crippen LogP contribution in [0.5, 0.6) is 5.75 Å². The average molecular weight is 482 g/mol. The van der Waals surface area contributed by atoms with Crippen molar-refractivity contribution in [1.29, 1.82) is 0 Å². The quantitative estimate of drug-likeness (QED) is 0.134. The Bertz CT molecular complexity index is 1140. The lowest BCUT2D eigenvalue weighted by Gasteiger charge is -2.30. The number of hydrogen-bond acceptors (Lipinski definition) is 6. The average Bonchev–Trinajstić information content (AvgIpc) is 2.84. The number of rotatable bonds is 10. The van der Waals surface area contributed by atoms with E-state index in [4.69, 9.17) is 10.6 Å². The van der Waals surface area contributed by atoms with Crippen molar-refractivity contribution in [3.05, 3.63) is 102 Å². The summed E-state index contributed by atoms with van der Waals surface area (Å²) in [5.74, 6) is 2.06. The maximum atomic E-state index is 13.2. The lowest BCUT2D eigenvalue weighted by molar-refractivity contribution is -0.164. The number of ketones is 1. The van der Waals surface area contributed by atoms with E-state index in [0.29, 0.717) is 5.56 Å². The highest BCUT2D eigenvalue weighted by Gasteiger charge is 2.50. The first-order valence-corrected chi connectivity index (χ1v) is 10.1. The number of aryl methyl sites for hydroxylation is 1. The summed E-state index contributed by atoms with van der Waals surface area (Å²) in [5.41, 5.74) is -0.960. The van der Waals surface area contributed by atoms with Crippen LogP contribution >= 0.6 is 12.4 Å². The molecule has 0 saturated heterocycles. The first-order valence-electron chi connectivity index (χ1n) is 10.1. The predicted molar refractivity (Wildman–Crippen MR) is 130 cm³/mol. The normalized spacial score (nSPS) is 12.2. The standard InChI is InChI=1S/C25H23N3O5.ClH/c26-27-17-19-11-14-20(15-12-19)23(30)28-25(24(31)32,33-21-9-5-2-6-10-21)22(29)16-13-18-7-3-1-4-8-18;/h1-12,14-15,17H,13,16,26H2,(H,28,30)(H,31,32);1H. The van der Waals surface area contributed by atoms with Crippen molar-refractivity contribution in [2.24, 2.45) is 10.9 Å². The van der Waals surface area contributed by atoms with Crippen molar-refractivity contribution in [2.45, 2.75) is 18.6 Å². The Morgan fingerprint density at radius 2 is 1.53 bits per heavy atom. The van der Waals surface area contributed by atoms with Gasteiger partial charge >= 0.3 is 11.7 Å². The monoisotopic (exact) mass is 481 g/mol. The Hall–Kier alpha value is -4.17. The molecule has 1 amide bonds. The van der Waals surface area contributed by atoms with Crippen LogP contribution in [0.1, 0.15) is 27.9 Å². The molecule has 9 heteroatoms. The van der Waals surface area contributed by atoms with E-state index >= 15 is 0 Å². The molecule has 3 aromatic carbocycles. The Morgan fingerprint density at radius 3 is 2.09 bits per heavy atom. The number of carbonyl (C=O) groups is 3. The van der Waals surface area contributed by atoms with E-state index in [1.54, 1.807) is 30.3 Å². The Labute approximate surface area is 202 Å². The number of Topliss-reactive ketones (excluding diaryl/α,β-unsaturated/α-hetero) is 1. The second-order valence-electron chi connectivity index (χ2n) is 7.16. The minimum absolute atomic E-state index is 0. The summed E-state index contributed by atoms with van der Waals surface area (Å²) in [6, 6.07) is 23.3. The van der Waals surface area contributed by atoms with Crippen LogP contribution in [0.4, 0.5) is 0 Å². The van der Waals surface area contributed by atoms with E-state index in [9.17, 15) is 19.5 Å². The molecule has 0 aliphatic rings. The van der Waals surface area contributed by atoms with Crippen molar-refractivity contribution < 1.29 is 24.2 Å². The van der Waals surface area contributed by atoms with Gasteiger partial charge in [-0.25, -0.2) is 4.79 Å². The zero-order chi connectivity index (χ0) is 23.7. The maximum Gasteiger partial charge on any atom is 0.378 e. The largest absolute Gasteiger partial charge is 0.476 e. The summed E-state index contributed by atoms with van der Waals surface area (Å²) in [5, 5.41) is 15.8. The van der Waals surface area contributed by atoms with Gasteiger partial charge < -0.3 is 15.7 Å². The number of nitrogens with one attached hydrogen (secondary N) is 1. The van der Waals surface area contributed by atoms with Crippen molar-refractivity contribution >= 4 is 36.3 Å². The molecule has 1 atom stereocenters. The van der Waals surface area contributed by atoms with E-state index in [0.717, 1.165) is 5.56 Å². The number of para-hydroxylation sites is 1. The molecule has 0 aliphatic carbocycles. The molecule has 176 valence electrons. The first kappa shape index (κ1) is 26.1. The highest BCUT2D eigenvalue weighted by molar-refractivity contribution is 6.11. The molecular formula is C25H24ClN3O5. The number of nitrogens with two attached hydrogens (primary N) is 1. The zero-order valence-electron chi connectivity index (χ0n) is 18.1. The number of hydrogen-bond donors (Lipinski definition) is 3. The number of aliphatic carboxylic acids is 1. The van der Waals surface area contributed by atoms with Gasteiger partial charge in [-0.05, 0) is 41.8 Å². The van der Waals surface area contributed by atoms with Gasteiger partial charge in [0.15, 0.2) is 0 Å². The van der Waals surface area contributed by atoms with Gasteiger partial charge in [0.25, 0.3) is 5.91 Å². The SMILES string of the molecule is Cl.NN=Cc1ccc(C(=O)NC(Oc2ccccc2)(C(=O)O)C(=O)CCc2ccccc2)cc1. The molecule has 3 aromatic rings. The highest BCUT2D eigenvalue weighted by Crippen LogP contribution is 2.21. The molecule has 4 N–H and O–H groups in total. The van der Waals surface area contributed by atoms with E-state index < -0.39 is 23.4 Å². The smallest absolute Gasteiger partial charge is 0.378 e. The van der Waals surface area contributed by atoms with E-state index in [2.05, 4.69) is 10.4 Å². The number of carboxylic acid groups (broad SMARTS) is 1. The van der Waals surface area contributed by atoms with Gasteiger partial charge in [0, 0.05) is 12.0 Å². The molecule has 0 bridgehead atoms. The van der Waals surface area contributed by atoms with E-state index in [1.165, 1.54) is 30.5 Å². The van der Waals surface area contributed by atoms with Crippen LogP contribution in [0.15, 0.2) is 90.0 Å². The number of nitrogens with zero attached hydrogens (tertiary/aromatic N) is 1. The Kier molecular flexibility index (Phi) is 9.34. The van der Waals surface area contributed by atoms with Gasteiger partial charge in [0.05, 0.1) is 6.21 Å².